The average molecular weight is 301 g/mol. The van der Waals surface area contributed by atoms with Crippen molar-refractivity contribution in [2.24, 2.45) is 0 Å². The van der Waals surface area contributed by atoms with Crippen molar-refractivity contribution in [3.05, 3.63) is 39.0 Å². The molecule has 66 valence electrons. The van der Waals surface area contributed by atoms with Crippen LogP contribution >= 0.6 is 31.9 Å². The predicted molar refractivity (Wildman–Crippen MR) is 61.9 cm³/mol. The number of hydrogen-bond acceptors (Lipinski definition) is 1. The van der Waals surface area contributed by atoms with Crippen LogP contribution in [0.2, 0.25) is 0 Å². The van der Waals surface area contributed by atoms with Gasteiger partial charge in [0.1, 0.15) is 0 Å². The van der Waals surface area contributed by atoms with Gasteiger partial charge in [0, 0.05) is 31.6 Å². The van der Waals surface area contributed by atoms with Gasteiger partial charge in [0.25, 0.3) is 0 Å². The summed E-state index contributed by atoms with van der Waals surface area (Å²) < 4.78 is 2.19. The highest BCUT2D eigenvalue weighted by Gasteiger charge is 2.02. The molecule has 1 aromatic carbocycles. The summed E-state index contributed by atoms with van der Waals surface area (Å²) in [6, 6.07) is 6.12. The van der Waals surface area contributed by atoms with Gasteiger partial charge in [-0.25, -0.2) is 0 Å². The van der Waals surface area contributed by atoms with Gasteiger partial charge in [0.05, 0.1) is 0 Å². The molecule has 0 saturated heterocycles. The Bertz CT molecular complexity index is 466. The van der Waals surface area contributed by atoms with E-state index in [-0.39, 0.29) is 0 Å². The van der Waals surface area contributed by atoms with E-state index in [1.165, 1.54) is 5.39 Å². The number of hydrogen-bond donors (Lipinski definition) is 0. The van der Waals surface area contributed by atoms with E-state index in [0.29, 0.717) is 0 Å². The molecule has 0 bridgehead atoms. The Labute approximate surface area is 93.4 Å². The van der Waals surface area contributed by atoms with Gasteiger partial charge in [-0.05, 0) is 25.1 Å². The molecule has 13 heavy (non-hydrogen) atoms. The number of aryl methyl sites for hydroxylation is 1. The van der Waals surface area contributed by atoms with Crippen LogP contribution in [0.4, 0.5) is 0 Å². The molecule has 0 aliphatic carbocycles. The SMILES string of the molecule is Cc1cc2c(Br)ccc(Br)c2cn1. The molecule has 0 N–H and O–H groups in total. The molecule has 0 saturated carbocycles. The lowest BCUT2D eigenvalue weighted by Gasteiger charge is -2.03. The van der Waals surface area contributed by atoms with E-state index < -0.39 is 0 Å². The number of pyridine rings is 1. The minimum absolute atomic E-state index is 1.03. The largest absolute Gasteiger partial charge is 0.261 e. The smallest absolute Gasteiger partial charge is 0.0379 e. The van der Waals surface area contributed by atoms with Crippen molar-refractivity contribution in [1.82, 2.24) is 4.98 Å². The minimum atomic E-state index is 1.03. The van der Waals surface area contributed by atoms with E-state index in [4.69, 9.17) is 0 Å². The topological polar surface area (TPSA) is 12.9 Å². The highest BCUT2D eigenvalue weighted by molar-refractivity contribution is 9.11. The van der Waals surface area contributed by atoms with Crippen LogP contribution in [-0.2, 0) is 0 Å². The van der Waals surface area contributed by atoms with Gasteiger partial charge in [-0.3, -0.25) is 4.98 Å². The number of fused-ring (bicyclic) bond motifs is 1. The molecule has 1 aromatic heterocycles. The van der Waals surface area contributed by atoms with Crippen LogP contribution in [-0.4, -0.2) is 4.98 Å². The van der Waals surface area contributed by atoms with Crippen molar-refractivity contribution < 1.29 is 0 Å². The fourth-order valence-corrected chi connectivity index (χ4v) is 2.18. The Balaban J connectivity index is 2.92. The van der Waals surface area contributed by atoms with E-state index >= 15 is 0 Å². The van der Waals surface area contributed by atoms with Crippen LogP contribution in [0.5, 0.6) is 0 Å². The van der Waals surface area contributed by atoms with Crippen LogP contribution in [0.3, 0.4) is 0 Å². The Kier molecular flexibility index (Phi) is 2.39. The Morgan fingerprint density at radius 3 is 2.38 bits per heavy atom. The van der Waals surface area contributed by atoms with E-state index in [2.05, 4.69) is 42.9 Å². The summed E-state index contributed by atoms with van der Waals surface area (Å²) in [5, 5.41) is 2.34. The molecule has 0 atom stereocenters. The molecule has 2 rings (SSSR count). The number of rotatable bonds is 0. The number of halogens is 2. The van der Waals surface area contributed by atoms with Crippen molar-refractivity contribution in [3.63, 3.8) is 0 Å². The molecule has 0 aliphatic rings. The standard InChI is InChI=1S/C10H7Br2N/c1-6-4-7-8(5-13-6)10(12)3-2-9(7)11/h2-5H,1H3. The fourth-order valence-electron chi connectivity index (χ4n) is 1.27. The first-order chi connectivity index (χ1) is 6.18. The first-order valence-electron chi connectivity index (χ1n) is 3.89. The third-order valence-electron chi connectivity index (χ3n) is 1.93. The van der Waals surface area contributed by atoms with E-state index in [0.717, 1.165) is 20.0 Å². The maximum absolute atomic E-state index is 4.26. The van der Waals surface area contributed by atoms with Crippen LogP contribution in [0.25, 0.3) is 10.8 Å². The zero-order valence-corrected chi connectivity index (χ0v) is 10.2. The maximum atomic E-state index is 4.26. The summed E-state index contributed by atoms with van der Waals surface area (Å²) in [5.41, 5.74) is 1.03. The van der Waals surface area contributed by atoms with Crippen molar-refractivity contribution in [1.29, 1.82) is 0 Å². The Hall–Kier alpha value is -0.410. The van der Waals surface area contributed by atoms with Gasteiger partial charge >= 0.3 is 0 Å². The first kappa shape index (κ1) is 9.16. The minimum Gasteiger partial charge on any atom is -0.261 e. The van der Waals surface area contributed by atoms with Crippen LogP contribution in [0.1, 0.15) is 5.69 Å². The molecule has 0 radical (unpaired) electrons. The molecule has 2 aromatic rings. The fraction of sp³-hybridized carbons (Fsp3) is 0.100. The van der Waals surface area contributed by atoms with Gasteiger partial charge < -0.3 is 0 Å². The van der Waals surface area contributed by atoms with Gasteiger partial charge in [0.2, 0.25) is 0 Å². The third kappa shape index (κ3) is 1.63. The number of nitrogens with zero attached hydrogens (tertiary/aromatic N) is 1. The highest BCUT2D eigenvalue weighted by atomic mass is 79.9. The lowest BCUT2D eigenvalue weighted by atomic mass is 10.1. The first-order valence-corrected chi connectivity index (χ1v) is 5.47. The van der Waals surface area contributed by atoms with Crippen LogP contribution in [0.15, 0.2) is 33.3 Å². The normalized spacial score (nSPS) is 10.7. The van der Waals surface area contributed by atoms with E-state index in [1.807, 2.05) is 25.3 Å². The molecular weight excluding hydrogens is 294 g/mol. The van der Waals surface area contributed by atoms with E-state index in [9.17, 15) is 0 Å². The quantitative estimate of drug-likeness (QED) is 0.715. The summed E-state index contributed by atoms with van der Waals surface area (Å²) in [5.74, 6) is 0. The van der Waals surface area contributed by atoms with Crippen molar-refractivity contribution in [2.75, 3.05) is 0 Å². The summed E-state index contributed by atoms with van der Waals surface area (Å²) in [4.78, 5) is 4.26. The zero-order chi connectivity index (χ0) is 9.42. The summed E-state index contributed by atoms with van der Waals surface area (Å²) in [7, 11) is 0. The molecule has 1 nitrogen and oxygen atoms in total. The molecule has 0 fully saturated rings. The lowest BCUT2D eigenvalue weighted by molar-refractivity contribution is 1.22. The second kappa shape index (κ2) is 3.39. The number of benzene rings is 1. The van der Waals surface area contributed by atoms with Crippen LogP contribution in [0, 0.1) is 6.92 Å². The van der Waals surface area contributed by atoms with Crippen molar-refractivity contribution in [3.8, 4) is 0 Å². The monoisotopic (exact) mass is 299 g/mol. The van der Waals surface area contributed by atoms with Gasteiger partial charge in [-0.1, -0.05) is 31.9 Å². The summed E-state index contributed by atoms with van der Waals surface area (Å²) in [6.07, 6.45) is 1.89. The number of aromatic nitrogens is 1. The molecule has 0 amide bonds. The van der Waals surface area contributed by atoms with Gasteiger partial charge in [-0.15, -0.1) is 0 Å². The maximum Gasteiger partial charge on any atom is 0.0379 e. The third-order valence-corrected chi connectivity index (χ3v) is 3.31. The molecule has 0 unspecified atom stereocenters. The van der Waals surface area contributed by atoms with Crippen LogP contribution < -0.4 is 0 Å². The molecule has 0 aliphatic heterocycles. The average Bonchev–Trinajstić information content (AvgIpc) is 2.12. The molecule has 1 heterocycles. The van der Waals surface area contributed by atoms with Gasteiger partial charge in [0.15, 0.2) is 0 Å². The second-order valence-corrected chi connectivity index (χ2v) is 4.61. The molecule has 3 heteroatoms. The Morgan fingerprint density at radius 1 is 1.08 bits per heavy atom. The summed E-state index contributed by atoms with van der Waals surface area (Å²) >= 11 is 7.01. The van der Waals surface area contributed by atoms with Crippen molar-refractivity contribution in [2.45, 2.75) is 6.92 Å². The zero-order valence-electron chi connectivity index (χ0n) is 7.01. The van der Waals surface area contributed by atoms with Gasteiger partial charge in [-0.2, -0.15) is 0 Å². The summed E-state index contributed by atoms with van der Waals surface area (Å²) in [6.45, 7) is 1.99. The molecule has 0 spiro atoms. The lowest BCUT2D eigenvalue weighted by Crippen LogP contribution is -1.83. The van der Waals surface area contributed by atoms with Crippen molar-refractivity contribution >= 4 is 42.6 Å². The highest BCUT2D eigenvalue weighted by Crippen LogP contribution is 2.29. The Morgan fingerprint density at radius 2 is 1.69 bits per heavy atom. The second-order valence-electron chi connectivity index (χ2n) is 2.90. The predicted octanol–water partition coefficient (Wildman–Crippen LogP) is 4.07. The molecular formula is C10H7Br2N. The van der Waals surface area contributed by atoms with E-state index in [1.54, 1.807) is 0 Å².